The normalized spacial score (nSPS) is 11.6. The minimum atomic E-state index is 0.630. The van der Waals surface area contributed by atoms with E-state index in [2.05, 4.69) is 121 Å². The van der Waals surface area contributed by atoms with E-state index in [1.54, 1.807) is 0 Å². The average molecular weight is 581 g/mol. The quantitative estimate of drug-likeness (QED) is 0.208. The van der Waals surface area contributed by atoms with E-state index in [9.17, 15) is 0 Å². The third-order valence-electron chi connectivity index (χ3n) is 8.32. The molecule has 0 aliphatic rings. The summed E-state index contributed by atoms with van der Waals surface area (Å²) < 4.78 is 7.33. The summed E-state index contributed by atoms with van der Waals surface area (Å²) in [5.41, 5.74) is 9.31. The molecule has 0 atom stereocenters. The molecular weight excluding hydrogens is 557 g/mol. The van der Waals surface area contributed by atoms with Crippen LogP contribution in [0.5, 0.6) is 0 Å². The predicted octanol–water partition coefficient (Wildman–Crippen LogP) is 11.4. The van der Waals surface area contributed by atoms with E-state index in [4.69, 9.17) is 14.4 Å². The molecule has 0 N–H and O–H groups in total. The van der Waals surface area contributed by atoms with Gasteiger partial charge in [-0.05, 0) is 52.2 Å². The molecule has 0 saturated carbocycles. The highest BCUT2D eigenvalue weighted by atomic mass is 32.1. The van der Waals surface area contributed by atoms with Crippen LogP contribution < -0.4 is 0 Å². The van der Waals surface area contributed by atoms with Crippen LogP contribution in [-0.2, 0) is 0 Å². The van der Waals surface area contributed by atoms with Gasteiger partial charge in [0.2, 0.25) is 5.89 Å². The van der Waals surface area contributed by atoms with Crippen molar-refractivity contribution >= 4 is 54.2 Å². The minimum absolute atomic E-state index is 0.630. The van der Waals surface area contributed by atoms with Crippen molar-refractivity contribution in [3.05, 3.63) is 146 Å². The molecule has 0 fully saturated rings. The van der Waals surface area contributed by atoms with Gasteiger partial charge in [-0.25, -0.2) is 9.97 Å². The minimum Gasteiger partial charge on any atom is -0.436 e. The Morgan fingerprint density at radius 3 is 2.02 bits per heavy atom. The first-order valence-corrected chi connectivity index (χ1v) is 15.5. The number of aromatic nitrogens is 2. The number of nitrogens with zero attached hydrogens (tertiary/aromatic N) is 2. The van der Waals surface area contributed by atoms with Crippen molar-refractivity contribution in [2.45, 2.75) is 0 Å². The summed E-state index contributed by atoms with van der Waals surface area (Å²) in [5, 5.41) is 4.81. The Kier molecular flexibility index (Phi) is 5.68. The van der Waals surface area contributed by atoms with Crippen LogP contribution >= 0.6 is 11.3 Å². The molecule has 0 aliphatic carbocycles. The topological polar surface area (TPSA) is 38.9 Å². The third-order valence-corrected chi connectivity index (χ3v) is 9.59. The Morgan fingerprint density at radius 2 is 1.18 bits per heavy atom. The van der Waals surface area contributed by atoms with Gasteiger partial charge in [0.15, 0.2) is 5.58 Å². The zero-order valence-electron chi connectivity index (χ0n) is 23.6. The van der Waals surface area contributed by atoms with Gasteiger partial charge >= 0.3 is 0 Å². The van der Waals surface area contributed by atoms with Crippen LogP contribution in [0.1, 0.15) is 0 Å². The van der Waals surface area contributed by atoms with Gasteiger partial charge in [0, 0.05) is 37.0 Å². The van der Waals surface area contributed by atoms with E-state index >= 15 is 0 Å². The molecular formula is C40H24N2OS. The zero-order chi connectivity index (χ0) is 29.0. The summed E-state index contributed by atoms with van der Waals surface area (Å²) in [5.74, 6) is 0.630. The molecule has 9 rings (SSSR count). The fourth-order valence-corrected chi connectivity index (χ4v) is 7.61. The number of pyridine rings is 1. The molecule has 0 spiro atoms. The van der Waals surface area contributed by atoms with Crippen molar-refractivity contribution in [3.63, 3.8) is 0 Å². The van der Waals surface area contributed by atoms with E-state index in [-0.39, 0.29) is 0 Å². The molecule has 0 unspecified atom stereocenters. The smallest absolute Gasteiger partial charge is 0.227 e. The highest BCUT2D eigenvalue weighted by Crippen LogP contribution is 2.51. The molecule has 44 heavy (non-hydrogen) atoms. The largest absolute Gasteiger partial charge is 0.436 e. The second kappa shape index (κ2) is 10.0. The van der Waals surface area contributed by atoms with Crippen molar-refractivity contribution in [2.24, 2.45) is 0 Å². The second-order valence-corrected chi connectivity index (χ2v) is 12.0. The van der Waals surface area contributed by atoms with Crippen molar-refractivity contribution in [3.8, 4) is 44.3 Å². The lowest BCUT2D eigenvalue weighted by molar-refractivity contribution is 0.620. The average Bonchev–Trinajstić information content (AvgIpc) is 3.71. The van der Waals surface area contributed by atoms with E-state index in [0.29, 0.717) is 5.89 Å². The maximum atomic E-state index is 6.09. The van der Waals surface area contributed by atoms with E-state index in [1.807, 2.05) is 35.6 Å². The highest BCUT2D eigenvalue weighted by Gasteiger charge is 2.23. The van der Waals surface area contributed by atoms with E-state index < -0.39 is 0 Å². The fourth-order valence-electron chi connectivity index (χ4n) is 6.25. The van der Waals surface area contributed by atoms with Crippen LogP contribution in [0.15, 0.2) is 150 Å². The molecule has 3 nitrogen and oxygen atoms in total. The lowest BCUT2D eigenvalue weighted by Crippen LogP contribution is -1.90. The lowest BCUT2D eigenvalue weighted by atomic mass is 9.92. The number of thiophene rings is 1. The lowest BCUT2D eigenvalue weighted by Gasteiger charge is -2.13. The van der Waals surface area contributed by atoms with Crippen molar-refractivity contribution in [1.29, 1.82) is 0 Å². The van der Waals surface area contributed by atoms with Crippen LogP contribution in [0.4, 0.5) is 0 Å². The van der Waals surface area contributed by atoms with Gasteiger partial charge in [-0.2, -0.15) is 0 Å². The maximum Gasteiger partial charge on any atom is 0.227 e. The Labute approximate surface area is 257 Å². The van der Waals surface area contributed by atoms with E-state index in [0.717, 1.165) is 39.0 Å². The standard InChI is InChI=1S/C40H24N2OS/c1-2-12-26(13-3-1)37-36-35(30-17-10-14-25-11-4-5-15-29(25)30)38(44-39(36)31-16-6-7-18-32(31)41-37)27-21-23-28(24-22-27)40-42-33-19-8-9-20-34(33)43-40/h1-24H. The molecule has 3 aromatic heterocycles. The van der Waals surface area contributed by atoms with Crippen molar-refractivity contribution in [1.82, 2.24) is 9.97 Å². The number of hydrogen-bond donors (Lipinski definition) is 0. The molecule has 4 heteroatoms. The summed E-state index contributed by atoms with van der Waals surface area (Å²) >= 11 is 1.85. The SMILES string of the molecule is c1ccc(-c2nc3ccccc3c3sc(-c4ccc(-c5nc6ccccc6o5)cc4)c(-c4cccc5ccccc45)c23)cc1. The Bertz CT molecular complexity index is 2450. The highest BCUT2D eigenvalue weighted by molar-refractivity contribution is 7.24. The summed E-state index contributed by atoms with van der Waals surface area (Å²) in [7, 11) is 0. The van der Waals surface area contributed by atoms with Crippen molar-refractivity contribution < 1.29 is 4.42 Å². The zero-order valence-corrected chi connectivity index (χ0v) is 24.4. The van der Waals surface area contributed by atoms with Crippen LogP contribution in [0.25, 0.3) is 87.1 Å². The second-order valence-electron chi connectivity index (χ2n) is 10.9. The Morgan fingerprint density at radius 1 is 0.500 bits per heavy atom. The number of benzene rings is 6. The van der Waals surface area contributed by atoms with Crippen LogP contribution in [-0.4, -0.2) is 9.97 Å². The number of para-hydroxylation sites is 3. The van der Waals surface area contributed by atoms with E-state index in [1.165, 1.54) is 42.2 Å². The molecule has 0 bridgehead atoms. The fraction of sp³-hybridized carbons (Fsp3) is 0. The predicted molar refractivity (Wildman–Crippen MR) is 184 cm³/mol. The summed E-state index contributed by atoms with van der Waals surface area (Å²) in [6, 6.07) is 50.8. The van der Waals surface area contributed by atoms with Crippen LogP contribution in [0.2, 0.25) is 0 Å². The van der Waals surface area contributed by atoms with Gasteiger partial charge in [-0.1, -0.05) is 115 Å². The number of hydrogen-bond acceptors (Lipinski definition) is 4. The van der Waals surface area contributed by atoms with Gasteiger partial charge in [-0.15, -0.1) is 11.3 Å². The Hall–Kier alpha value is -5.58. The van der Waals surface area contributed by atoms with Gasteiger partial charge in [0.05, 0.1) is 11.2 Å². The molecule has 0 saturated heterocycles. The Balaban J connectivity index is 1.35. The third kappa shape index (κ3) is 3.96. The first kappa shape index (κ1) is 25.0. The first-order chi connectivity index (χ1) is 21.8. The van der Waals surface area contributed by atoms with Gasteiger partial charge in [0.1, 0.15) is 5.52 Å². The van der Waals surface area contributed by atoms with Gasteiger partial charge in [-0.3, -0.25) is 0 Å². The molecule has 0 radical (unpaired) electrons. The molecule has 206 valence electrons. The van der Waals surface area contributed by atoms with Crippen molar-refractivity contribution in [2.75, 3.05) is 0 Å². The maximum absolute atomic E-state index is 6.09. The molecule has 9 aromatic rings. The number of oxazole rings is 1. The summed E-state index contributed by atoms with van der Waals surface area (Å²) in [6.45, 7) is 0. The molecule has 0 aliphatic heterocycles. The molecule has 6 aromatic carbocycles. The van der Waals surface area contributed by atoms with Crippen LogP contribution in [0, 0.1) is 0 Å². The van der Waals surface area contributed by atoms with Gasteiger partial charge in [0.25, 0.3) is 0 Å². The molecule has 0 amide bonds. The monoisotopic (exact) mass is 580 g/mol. The summed E-state index contributed by atoms with van der Waals surface area (Å²) in [6.07, 6.45) is 0. The first-order valence-electron chi connectivity index (χ1n) is 14.7. The van der Waals surface area contributed by atoms with Gasteiger partial charge < -0.3 is 4.42 Å². The number of rotatable bonds is 4. The molecule has 3 heterocycles. The van der Waals surface area contributed by atoms with Crippen LogP contribution in [0.3, 0.4) is 0 Å². The number of fused-ring (bicyclic) bond motifs is 5. The summed E-state index contributed by atoms with van der Waals surface area (Å²) in [4.78, 5) is 11.3.